The maximum Gasteiger partial charge on any atom is 0.0619 e. The summed E-state index contributed by atoms with van der Waals surface area (Å²) in [4.78, 5) is 0. The van der Waals surface area contributed by atoms with E-state index in [0.717, 1.165) is 44.4 Å². The van der Waals surface area contributed by atoms with Crippen molar-refractivity contribution in [3.63, 3.8) is 0 Å². The summed E-state index contributed by atoms with van der Waals surface area (Å²) in [5, 5.41) is 1.04. The molecule has 0 saturated carbocycles. The predicted octanol–water partition coefficient (Wildman–Crippen LogP) is 1.97. The molecule has 0 aliphatic carbocycles. The molecule has 0 aromatic rings. The van der Waals surface area contributed by atoms with Crippen molar-refractivity contribution >= 4 is 15.9 Å². The SMILES string of the molecule is BrCCCOC1CCOCC1. The fraction of sp³-hybridized carbons (Fsp3) is 1.00. The Hall–Kier alpha value is 0.400. The third kappa shape index (κ3) is 4.09. The molecule has 0 amide bonds. The van der Waals surface area contributed by atoms with Crippen LogP contribution in [0.2, 0.25) is 0 Å². The summed E-state index contributed by atoms with van der Waals surface area (Å²) in [6.45, 7) is 2.63. The molecule has 11 heavy (non-hydrogen) atoms. The second-order valence-electron chi connectivity index (χ2n) is 2.73. The third-order valence-electron chi connectivity index (χ3n) is 1.80. The van der Waals surface area contributed by atoms with Gasteiger partial charge in [-0.05, 0) is 19.3 Å². The highest BCUT2D eigenvalue weighted by molar-refractivity contribution is 9.09. The molecule has 1 fully saturated rings. The van der Waals surface area contributed by atoms with Crippen LogP contribution in [0.1, 0.15) is 19.3 Å². The van der Waals surface area contributed by atoms with Gasteiger partial charge in [0.05, 0.1) is 6.10 Å². The molecule has 3 heteroatoms. The first-order chi connectivity index (χ1) is 5.43. The van der Waals surface area contributed by atoms with Gasteiger partial charge in [0, 0.05) is 25.2 Å². The van der Waals surface area contributed by atoms with Crippen LogP contribution >= 0.6 is 15.9 Å². The molecule has 2 nitrogen and oxygen atoms in total. The first-order valence-electron chi connectivity index (χ1n) is 4.19. The fourth-order valence-corrected chi connectivity index (χ4v) is 1.38. The summed E-state index contributed by atoms with van der Waals surface area (Å²) in [7, 11) is 0. The molecule has 1 aliphatic heterocycles. The molecular weight excluding hydrogens is 208 g/mol. The Labute approximate surface area is 76.4 Å². The summed E-state index contributed by atoms with van der Waals surface area (Å²) in [5.41, 5.74) is 0. The highest BCUT2D eigenvalue weighted by Gasteiger charge is 2.12. The number of hydrogen-bond acceptors (Lipinski definition) is 2. The number of alkyl halides is 1. The molecule has 0 aromatic heterocycles. The van der Waals surface area contributed by atoms with Gasteiger partial charge >= 0.3 is 0 Å². The van der Waals surface area contributed by atoms with Crippen LogP contribution in [-0.2, 0) is 9.47 Å². The van der Waals surface area contributed by atoms with Crippen molar-refractivity contribution in [2.24, 2.45) is 0 Å². The maximum atomic E-state index is 5.61. The molecule has 0 unspecified atom stereocenters. The summed E-state index contributed by atoms with van der Waals surface area (Å²) < 4.78 is 10.8. The zero-order chi connectivity index (χ0) is 7.94. The molecule has 0 radical (unpaired) electrons. The number of halogens is 1. The molecule has 1 aliphatic rings. The fourth-order valence-electron chi connectivity index (χ4n) is 1.15. The maximum absolute atomic E-state index is 5.61. The van der Waals surface area contributed by atoms with Crippen LogP contribution in [0.4, 0.5) is 0 Å². The van der Waals surface area contributed by atoms with Gasteiger partial charge in [-0.2, -0.15) is 0 Å². The van der Waals surface area contributed by atoms with E-state index < -0.39 is 0 Å². The summed E-state index contributed by atoms with van der Waals surface area (Å²) >= 11 is 3.37. The van der Waals surface area contributed by atoms with E-state index >= 15 is 0 Å². The highest BCUT2D eigenvalue weighted by Crippen LogP contribution is 2.10. The van der Waals surface area contributed by atoms with Crippen molar-refractivity contribution in [3.8, 4) is 0 Å². The third-order valence-corrected chi connectivity index (χ3v) is 2.36. The van der Waals surface area contributed by atoms with E-state index in [1.807, 2.05) is 0 Å². The van der Waals surface area contributed by atoms with Gasteiger partial charge in [0.2, 0.25) is 0 Å². The Morgan fingerprint density at radius 2 is 2.09 bits per heavy atom. The van der Waals surface area contributed by atoms with Crippen molar-refractivity contribution in [1.82, 2.24) is 0 Å². The van der Waals surface area contributed by atoms with Crippen LogP contribution in [0.25, 0.3) is 0 Å². The lowest BCUT2D eigenvalue weighted by Gasteiger charge is -2.22. The van der Waals surface area contributed by atoms with Gasteiger partial charge in [0.1, 0.15) is 0 Å². The first-order valence-corrected chi connectivity index (χ1v) is 5.31. The molecule has 0 aromatic carbocycles. The van der Waals surface area contributed by atoms with Crippen LogP contribution in [-0.4, -0.2) is 31.3 Å². The van der Waals surface area contributed by atoms with Crippen molar-refractivity contribution in [2.45, 2.75) is 25.4 Å². The molecule has 0 atom stereocenters. The Kier molecular flexibility index (Phi) is 5.15. The van der Waals surface area contributed by atoms with E-state index in [-0.39, 0.29) is 0 Å². The van der Waals surface area contributed by atoms with Gasteiger partial charge in [0.25, 0.3) is 0 Å². The summed E-state index contributed by atoms with van der Waals surface area (Å²) in [6.07, 6.45) is 3.71. The molecule has 1 rings (SSSR count). The average molecular weight is 223 g/mol. The molecule has 1 heterocycles. The van der Waals surface area contributed by atoms with Crippen molar-refractivity contribution < 1.29 is 9.47 Å². The van der Waals surface area contributed by atoms with E-state index in [1.54, 1.807) is 0 Å². The van der Waals surface area contributed by atoms with Crippen molar-refractivity contribution in [2.75, 3.05) is 25.2 Å². The van der Waals surface area contributed by atoms with Gasteiger partial charge in [-0.3, -0.25) is 0 Å². The van der Waals surface area contributed by atoms with E-state index in [1.165, 1.54) is 0 Å². The monoisotopic (exact) mass is 222 g/mol. The van der Waals surface area contributed by atoms with Gasteiger partial charge in [-0.15, -0.1) is 0 Å². The van der Waals surface area contributed by atoms with Crippen molar-refractivity contribution in [1.29, 1.82) is 0 Å². The Balaban J connectivity index is 1.96. The van der Waals surface area contributed by atoms with Crippen LogP contribution in [0.15, 0.2) is 0 Å². The Bertz CT molecular complexity index is 92.1. The highest BCUT2D eigenvalue weighted by atomic mass is 79.9. The normalized spacial score (nSPS) is 20.5. The first kappa shape index (κ1) is 9.49. The zero-order valence-electron chi connectivity index (χ0n) is 6.72. The quantitative estimate of drug-likeness (QED) is 0.535. The molecule has 1 saturated heterocycles. The van der Waals surface area contributed by atoms with E-state index in [0.29, 0.717) is 6.10 Å². The van der Waals surface area contributed by atoms with Crippen molar-refractivity contribution in [3.05, 3.63) is 0 Å². The lowest BCUT2D eigenvalue weighted by Crippen LogP contribution is -2.23. The number of rotatable bonds is 4. The number of ether oxygens (including phenoxy) is 2. The van der Waals surface area contributed by atoms with Gasteiger partial charge in [-0.1, -0.05) is 15.9 Å². The second-order valence-corrected chi connectivity index (χ2v) is 3.52. The predicted molar refractivity (Wildman–Crippen MR) is 48.2 cm³/mol. The Morgan fingerprint density at radius 1 is 1.36 bits per heavy atom. The lowest BCUT2D eigenvalue weighted by atomic mass is 10.1. The van der Waals surface area contributed by atoms with Gasteiger partial charge in [-0.25, -0.2) is 0 Å². The minimum atomic E-state index is 0.461. The van der Waals surface area contributed by atoms with Crippen LogP contribution in [0.5, 0.6) is 0 Å². The minimum absolute atomic E-state index is 0.461. The average Bonchev–Trinajstić information content (AvgIpc) is 2.07. The molecule has 0 N–H and O–H groups in total. The molecular formula is C8H15BrO2. The Morgan fingerprint density at radius 3 is 2.73 bits per heavy atom. The van der Waals surface area contributed by atoms with E-state index in [9.17, 15) is 0 Å². The largest absolute Gasteiger partial charge is 0.381 e. The van der Waals surface area contributed by atoms with Crippen LogP contribution in [0.3, 0.4) is 0 Å². The second kappa shape index (κ2) is 5.98. The lowest BCUT2D eigenvalue weighted by molar-refractivity contribution is -0.0311. The smallest absolute Gasteiger partial charge is 0.0619 e. The summed E-state index contributed by atoms with van der Waals surface area (Å²) in [6, 6.07) is 0. The van der Waals surface area contributed by atoms with Crippen LogP contribution < -0.4 is 0 Å². The zero-order valence-corrected chi connectivity index (χ0v) is 8.31. The summed E-state index contributed by atoms with van der Waals surface area (Å²) in [5.74, 6) is 0. The van der Waals surface area contributed by atoms with E-state index in [2.05, 4.69) is 15.9 Å². The van der Waals surface area contributed by atoms with E-state index in [4.69, 9.17) is 9.47 Å². The molecule has 0 bridgehead atoms. The number of hydrogen-bond donors (Lipinski definition) is 0. The van der Waals surface area contributed by atoms with Gasteiger partial charge < -0.3 is 9.47 Å². The standard InChI is InChI=1S/C8H15BrO2/c9-4-1-5-11-8-2-6-10-7-3-8/h8H,1-7H2. The van der Waals surface area contributed by atoms with Crippen LogP contribution in [0, 0.1) is 0 Å². The molecule has 66 valence electrons. The molecule has 0 spiro atoms. The van der Waals surface area contributed by atoms with Gasteiger partial charge in [0.15, 0.2) is 0 Å². The minimum Gasteiger partial charge on any atom is -0.381 e. The topological polar surface area (TPSA) is 18.5 Å².